The third-order valence-electron chi connectivity index (χ3n) is 4.36. The van der Waals surface area contributed by atoms with E-state index in [0.717, 1.165) is 21.0 Å². The molecule has 0 atom stereocenters. The zero-order valence-electron chi connectivity index (χ0n) is 16.1. The highest BCUT2D eigenvalue weighted by Gasteiger charge is 2.18. The van der Waals surface area contributed by atoms with Crippen LogP contribution in [0, 0.1) is 0 Å². The fourth-order valence-electron chi connectivity index (χ4n) is 2.94. The van der Waals surface area contributed by atoms with Crippen LogP contribution in [0.4, 0.5) is 5.95 Å². The topological polar surface area (TPSA) is 95.4 Å². The Morgan fingerprint density at radius 2 is 2.04 bits per heavy atom. The maximum Gasteiger partial charge on any atom is 0.332 e. The third-order valence-corrected chi connectivity index (χ3v) is 4.85. The fourth-order valence-corrected chi connectivity index (χ4v) is 3.32. The highest BCUT2D eigenvalue weighted by molar-refractivity contribution is 9.10. The third kappa shape index (κ3) is 3.47. The van der Waals surface area contributed by atoms with Crippen molar-refractivity contribution in [3.63, 3.8) is 0 Å². The summed E-state index contributed by atoms with van der Waals surface area (Å²) in [4.78, 5) is 29.3. The van der Waals surface area contributed by atoms with E-state index in [1.807, 2.05) is 25.1 Å². The molecule has 0 radical (unpaired) electrons. The number of rotatable bonds is 6. The first-order valence-corrected chi connectivity index (χ1v) is 9.47. The summed E-state index contributed by atoms with van der Waals surface area (Å²) in [5, 5.41) is 4.25. The molecule has 3 rings (SSSR count). The molecule has 0 amide bonds. The Labute approximate surface area is 169 Å². The Hall–Kier alpha value is -2.88. The van der Waals surface area contributed by atoms with Gasteiger partial charge in [-0.1, -0.05) is 22.9 Å². The Morgan fingerprint density at radius 1 is 1.29 bits per heavy atom. The first-order chi connectivity index (χ1) is 13.4. The number of benzene rings is 1. The van der Waals surface area contributed by atoms with Crippen molar-refractivity contribution in [3.05, 3.63) is 49.1 Å². The van der Waals surface area contributed by atoms with Gasteiger partial charge in [-0.15, -0.1) is 0 Å². The molecule has 0 bridgehead atoms. The summed E-state index contributed by atoms with van der Waals surface area (Å²) in [5.41, 5.74) is 3.53. The van der Waals surface area contributed by atoms with E-state index in [1.54, 1.807) is 24.9 Å². The predicted molar refractivity (Wildman–Crippen MR) is 112 cm³/mol. The quantitative estimate of drug-likeness (QED) is 0.459. The summed E-state index contributed by atoms with van der Waals surface area (Å²) in [7, 11) is 4.63. The van der Waals surface area contributed by atoms with Gasteiger partial charge in [0.15, 0.2) is 11.2 Å². The van der Waals surface area contributed by atoms with E-state index in [9.17, 15) is 9.59 Å². The van der Waals surface area contributed by atoms with Crippen molar-refractivity contribution in [3.8, 4) is 5.75 Å². The molecule has 148 valence electrons. The summed E-state index contributed by atoms with van der Waals surface area (Å²) < 4.78 is 10.4. The van der Waals surface area contributed by atoms with Gasteiger partial charge in [-0.05, 0) is 24.6 Å². The van der Waals surface area contributed by atoms with Gasteiger partial charge in [0.25, 0.3) is 5.56 Å². The lowest BCUT2D eigenvalue weighted by atomic mass is 10.2. The van der Waals surface area contributed by atoms with Gasteiger partial charge >= 0.3 is 5.69 Å². The van der Waals surface area contributed by atoms with Crippen LogP contribution in [-0.2, 0) is 20.6 Å². The zero-order valence-corrected chi connectivity index (χ0v) is 17.6. The van der Waals surface area contributed by atoms with Crippen molar-refractivity contribution in [1.29, 1.82) is 0 Å². The monoisotopic (exact) mass is 448 g/mol. The number of halogens is 1. The van der Waals surface area contributed by atoms with Crippen LogP contribution >= 0.6 is 15.9 Å². The molecule has 2 heterocycles. The highest BCUT2D eigenvalue weighted by atomic mass is 79.9. The normalized spacial score (nSPS) is 11.5. The van der Waals surface area contributed by atoms with Gasteiger partial charge in [0.2, 0.25) is 5.95 Å². The zero-order chi connectivity index (χ0) is 20.4. The van der Waals surface area contributed by atoms with E-state index in [2.05, 4.69) is 31.4 Å². The summed E-state index contributed by atoms with van der Waals surface area (Å²) in [6, 6.07) is 5.58. The van der Waals surface area contributed by atoms with Crippen molar-refractivity contribution in [2.24, 2.45) is 19.2 Å². The molecule has 2 aromatic heterocycles. The lowest BCUT2D eigenvalue weighted by Gasteiger charge is -2.08. The van der Waals surface area contributed by atoms with Crippen LogP contribution in [0.2, 0.25) is 0 Å². The van der Waals surface area contributed by atoms with Gasteiger partial charge in [-0.25, -0.2) is 10.2 Å². The second-order valence-corrected chi connectivity index (χ2v) is 7.14. The summed E-state index contributed by atoms with van der Waals surface area (Å²) in [6.07, 6.45) is 2.39. The number of hydrazone groups is 1. The second kappa shape index (κ2) is 8.01. The molecule has 0 spiro atoms. The van der Waals surface area contributed by atoms with Crippen LogP contribution in [0.5, 0.6) is 5.75 Å². The standard InChI is InChI=1S/C18H21BrN6O3/c1-5-8-25-14-15(23(2)18(27)24(3)16(14)26)21-17(25)22-20-10-11-9-12(19)6-7-13(11)28-4/h6-7,9-10H,5,8H2,1-4H3,(H,21,22)/b20-10-. The molecule has 1 aromatic carbocycles. The van der Waals surface area contributed by atoms with Crippen LogP contribution in [0.25, 0.3) is 11.2 Å². The molecular weight excluding hydrogens is 428 g/mol. The highest BCUT2D eigenvalue weighted by Crippen LogP contribution is 2.21. The van der Waals surface area contributed by atoms with Gasteiger partial charge in [-0.2, -0.15) is 10.1 Å². The van der Waals surface area contributed by atoms with Gasteiger partial charge in [-0.3, -0.25) is 13.9 Å². The van der Waals surface area contributed by atoms with Crippen LogP contribution in [0.15, 0.2) is 37.4 Å². The maximum atomic E-state index is 12.6. The van der Waals surface area contributed by atoms with Crippen LogP contribution in [0.1, 0.15) is 18.9 Å². The van der Waals surface area contributed by atoms with E-state index in [1.165, 1.54) is 11.6 Å². The molecule has 0 aliphatic carbocycles. The molecule has 10 heteroatoms. The van der Waals surface area contributed by atoms with Gasteiger partial charge in [0.1, 0.15) is 5.75 Å². The number of ether oxygens (including phenoxy) is 1. The number of hydrogen-bond donors (Lipinski definition) is 1. The van der Waals surface area contributed by atoms with E-state index in [4.69, 9.17) is 4.74 Å². The number of fused-ring (bicyclic) bond motifs is 1. The number of hydrogen-bond acceptors (Lipinski definition) is 6. The SMILES string of the molecule is CCCn1c(N/N=C\c2cc(Br)ccc2OC)nc2c1c(=O)n(C)c(=O)n2C. The van der Waals surface area contributed by atoms with E-state index < -0.39 is 5.69 Å². The van der Waals surface area contributed by atoms with Crippen molar-refractivity contribution < 1.29 is 4.74 Å². The van der Waals surface area contributed by atoms with Crippen molar-refractivity contribution >= 4 is 39.3 Å². The Kier molecular flexibility index (Phi) is 5.68. The number of nitrogens with zero attached hydrogens (tertiary/aromatic N) is 5. The van der Waals surface area contributed by atoms with Crippen molar-refractivity contribution in [2.45, 2.75) is 19.9 Å². The van der Waals surface area contributed by atoms with Crippen molar-refractivity contribution in [1.82, 2.24) is 18.7 Å². The molecule has 0 fully saturated rings. The van der Waals surface area contributed by atoms with E-state index in [0.29, 0.717) is 29.4 Å². The molecule has 28 heavy (non-hydrogen) atoms. The lowest BCUT2D eigenvalue weighted by molar-refractivity contribution is 0.414. The average molecular weight is 449 g/mol. The molecule has 0 saturated heterocycles. The Bertz CT molecular complexity index is 1170. The van der Waals surface area contributed by atoms with Crippen molar-refractivity contribution in [2.75, 3.05) is 12.5 Å². The van der Waals surface area contributed by atoms with Gasteiger partial charge < -0.3 is 9.30 Å². The Balaban J connectivity index is 2.07. The van der Waals surface area contributed by atoms with E-state index >= 15 is 0 Å². The van der Waals surface area contributed by atoms with Crippen LogP contribution in [0.3, 0.4) is 0 Å². The minimum Gasteiger partial charge on any atom is -0.496 e. The number of anilines is 1. The largest absolute Gasteiger partial charge is 0.496 e. The summed E-state index contributed by atoms with van der Waals surface area (Å²) in [5.74, 6) is 1.06. The molecular formula is C18H21BrN6O3. The molecule has 3 aromatic rings. The molecule has 9 nitrogen and oxygen atoms in total. The first-order valence-electron chi connectivity index (χ1n) is 8.67. The summed E-state index contributed by atoms with van der Waals surface area (Å²) >= 11 is 3.42. The number of aryl methyl sites for hydroxylation is 2. The minimum atomic E-state index is -0.424. The predicted octanol–water partition coefficient (Wildman–Crippen LogP) is 2.06. The number of nitrogens with one attached hydrogen (secondary N) is 1. The van der Waals surface area contributed by atoms with Crippen LogP contribution < -0.4 is 21.4 Å². The maximum absolute atomic E-state index is 12.6. The number of aromatic nitrogens is 4. The smallest absolute Gasteiger partial charge is 0.332 e. The molecule has 0 unspecified atom stereocenters. The molecule has 0 aliphatic rings. The lowest BCUT2D eigenvalue weighted by Crippen LogP contribution is -2.37. The van der Waals surface area contributed by atoms with E-state index in [-0.39, 0.29) is 5.56 Å². The second-order valence-electron chi connectivity index (χ2n) is 6.22. The van der Waals surface area contributed by atoms with Gasteiger partial charge in [0, 0.05) is 30.7 Å². The number of methoxy groups -OCH3 is 1. The first kappa shape index (κ1) is 19.9. The average Bonchev–Trinajstić information content (AvgIpc) is 3.04. The molecule has 0 aliphatic heterocycles. The number of imidazole rings is 1. The molecule has 0 saturated carbocycles. The minimum absolute atomic E-state index is 0.319. The summed E-state index contributed by atoms with van der Waals surface area (Å²) in [6.45, 7) is 2.56. The fraction of sp³-hybridized carbons (Fsp3) is 0.333. The van der Waals surface area contributed by atoms with Crippen LogP contribution in [-0.4, -0.2) is 32.0 Å². The Morgan fingerprint density at radius 3 is 2.71 bits per heavy atom. The molecule has 1 N–H and O–H groups in total. The van der Waals surface area contributed by atoms with Gasteiger partial charge in [0.05, 0.1) is 13.3 Å².